The van der Waals surface area contributed by atoms with Gasteiger partial charge >= 0.3 is 0 Å². The summed E-state index contributed by atoms with van der Waals surface area (Å²) in [6.45, 7) is 4.86. The van der Waals surface area contributed by atoms with E-state index in [2.05, 4.69) is 31.9 Å². The first-order valence-electron chi connectivity index (χ1n) is 11.8. The smallest absolute Gasteiger partial charge is 0.256 e. The number of anilines is 1. The topological polar surface area (TPSA) is 72.5 Å². The molecule has 5 rings (SSSR count). The van der Waals surface area contributed by atoms with E-state index < -0.39 is 0 Å². The lowest BCUT2D eigenvalue weighted by Gasteiger charge is -2.36. The number of nitrogens with one attached hydrogen (secondary N) is 1. The maximum atomic E-state index is 13.2. The Morgan fingerprint density at radius 3 is 2.49 bits per heavy atom. The monoisotopic (exact) mass is 493 g/mol. The fraction of sp³-hybridized carbons (Fsp3) is 0.346. The van der Waals surface area contributed by atoms with Gasteiger partial charge in [-0.1, -0.05) is 42.1 Å². The Morgan fingerprint density at radius 2 is 1.74 bits per heavy atom. The highest BCUT2D eigenvalue weighted by atomic mass is 32.2. The number of rotatable bonds is 6. The third-order valence-electron chi connectivity index (χ3n) is 6.53. The molecule has 1 saturated heterocycles. The van der Waals surface area contributed by atoms with Crippen molar-refractivity contribution in [3.05, 3.63) is 87.6 Å². The number of piperazine rings is 1. The number of nitrogens with zero attached hydrogens (tertiary/aromatic N) is 4. The second-order valence-electron chi connectivity index (χ2n) is 8.88. The highest BCUT2D eigenvalue weighted by Gasteiger charge is 2.24. The number of thioether (sulfide) groups is 1. The number of amides is 1. The number of halogens is 1. The molecule has 1 amide bonds. The van der Waals surface area contributed by atoms with E-state index >= 15 is 0 Å². The first kappa shape index (κ1) is 23.6. The lowest BCUT2D eigenvalue weighted by atomic mass is 10.1. The van der Waals surface area contributed by atoms with Gasteiger partial charge in [0, 0.05) is 57.9 Å². The number of carbonyl (C=O) groups is 1. The summed E-state index contributed by atoms with van der Waals surface area (Å²) in [6.07, 6.45) is 0.721. The molecule has 0 bridgehead atoms. The first-order valence-corrected chi connectivity index (χ1v) is 12.8. The van der Waals surface area contributed by atoms with E-state index in [1.165, 1.54) is 29.5 Å². The molecular formula is C26H28FN5O2S. The van der Waals surface area contributed by atoms with E-state index in [4.69, 9.17) is 0 Å². The molecule has 2 aliphatic rings. The van der Waals surface area contributed by atoms with Crippen LogP contribution in [0.4, 0.5) is 10.1 Å². The number of carbonyl (C=O) groups excluding carboxylic acids is 1. The van der Waals surface area contributed by atoms with Crippen LogP contribution in [0.5, 0.6) is 0 Å². The molecule has 0 atom stereocenters. The van der Waals surface area contributed by atoms with Crippen LogP contribution in [0.1, 0.15) is 16.8 Å². The molecule has 3 heterocycles. The first-order chi connectivity index (χ1) is 17.0. The quantitative estimate of drug-likeness (QED) is 0.421. The molecule has 3 aromatic rings. The van der Waals surface area contributed by atoms with Gasteiger partial charge in [-0.2, -0.15) is 0 Å². The molecule has 182 valence electrons. The molecule has 0 radical (unpaired) electrons. The minimum atomic E-state index is -0.252. The van der Waals surface area contributed by atoms with Gasteiger partial charge in [0.1, 0.15) is 5.82 Å². The van der Waals surface area contributed by atoms with E-state index in [-0.39, 0.29) is 23.0 Å². The molecule has 1 aromatic heterocycles. The summed E-state index contributed by atoms with van der Waals surface area (Å²) in [5.74, 6) is 0.0133. The summed E-state index contributed by atoms with van der Waals surface area (Å²) in [7, 11) is 0. The average molecular weight is 494 g/mol. The van der Waals surface area contributed by atoms with E-state index in [0.29, 0.717) is 37.9 Å². The van der Waals surface area contributed by atoms with Crippen LogP contribution < -0.4 is 10.5 Å². The lowest BCUT2D eigenvalue weighted by Crippen LogP contribution is -2.49. The molecule has 1 N–H and O–H groups in total. The number of aromatic nitrogens is 2. The Bertz CT molecular complexity index is 1230. The van der Waals surface area contributed by atoms with Crippen molar-refractivity contribution in [1.29, 1.82) is 0 Å². The number of hydrogen-bond donors (Lipinski definition) is 1. The minimum absolute atomic E-state index is 0.0307. The molecule has 0 aliphatic carbocycles. The lowest BCUT2D eigenvalue weighted by molar-refractivity contribution is -0.128. The summed E-state index contributed by atoms with van der Waals surface area (Å²) in [6, 6.07) is 16.7. The highest BCUT2D eigenvalue weighted by Crippen LogP contribution is 2.21. The Balaban J connectivity index is 1.14. The maximum Gasteiger partial charge on any atom is 0.256 e. The van der Waals surface area contributed by atoms with Crippen molar-refractivity contribution >= 4 is 23.4 Å². The van der Waals surface area contributed by atoms with Crippen molar-refractivity contribution in [2.24, 2.45) is 0 Å². The van der Waals surface area contributed by atoms with Crippen LogP contribution in [0.3, 0.4) is 0 Å². The molecule has 0 unspecified atom stereocenters. The minimum Gasteiger partial charge on any atom is -0.368 e. The van der Waals surface area contributed by atoms with Gasteiger partial charge in [-0.05, 0) is 29.8 Å². The summed E-state index contributed by atoms with van der Waals surface area (Å²) < 4.78 is 13.2. The standard InChI is InChI=1S/C26H28FN5O2S/c27-20-6-8-21(9-7-20)31-12-14-32(15-13-31)24(33)18-35-26-28-23-10-11-30(17-22(23)25(34)29-26)16-19-4-2-1-3-5-19/h1-9H,10-18H2,(H,28,29,34). The molecule has 1 fully saturated rings. The van der Waals surface area contributed by atoms with Gasteiger partial charge in [0.2, 0.25) is 5.91 Å². The van der Waals surface area contributed by atoms with Crippen LogP contribution in [0.25, 0.3) is 0 Å². The van der Waals surface area contributed by atoms with E-state index in [0.717, 1.165) is 36.5 Å². The van der Waals surface area contributed by atoms with E-state index in [1.807, 2.05) is 23.1 Å². The number of aromatic amines is 1. The zero-order valence-electron chi connectivity index (χ0n) is 19.5. The highest BCUT2D eigenvalue weighted by molar-refractivity contribution is 7.99. The number of fused-ring (bicyclic) bond motifs is 1. The number of H-pyrrole nitrogens is 1. The second kappa shape index (κ2) is 10.6. The Kier molecular flexibility index (Phi) is 7.15. The summed E-state index contributed by atoms with van der Waals surface area (Å²) in [5, 5.41) is 0.503. The van der Waals surface area contributed by atoms with Gasteiger partial charge in [0.05, 0.1) is 17.0 Å². The Morgan fingerprint density at radius 1 is 1.00 bits per heavy atom. The zero-order chi connectivity index (χ0) is 24.2. The predicted molar refractivity (Wildman–Crippen MR) is 135 cm³/mol. The molecule has 35 heavy (non-hydrogen) atoms. The van der Waals surface area contributed by atoms with Crippen LogP contribution in [-0.2, 0) is 24.3 Å². The van der Waals surface area contributed by atoms with Crippen molar-refractivity contribution in [3.8, 4) is 0 Å². The molecule has 0 saturated carbocycles. The normalized spacial score (nSPS) is 16.3. The van der Waals surface area contributed by atoms with Gasteiger partial charge in [-0.3, -0.25) is 14.5 Å². The zero-order valence-corrected chi connectivity index (χ0v) is 20.3. The molecule has 7 nitrogen and oxygen atoms in total. The van der Waals surface area contributed by atoms with Crippen LogP contribution in [0, 0.1) is 5.82 Å². The van der Waals surface area contributed by atoms with Crippen molar-refractivity contribution < 1.29 is 9.18 Å². The Labute approximate surface area is 208 Å². The molecule has 2 aliphatic heterocycles. The third kappa shape index (κ3) is 5.74. The van der Waals surface area contributed by atoms with E-state index in [9.17, 15) is 14.0 Å². The van der Waals surface area contributed by atoms with Gasteiger partial charge in [0.25, 0.3) is 5.56 Å². The predicted octanol–water partition coefficient (Wildman–Crippen LogP) is 2.91. The maximum absolute atomic E-state index is 13.2. The average Bonchev–Trinajstić information content (AvgIpc) is 2.89. The summed E-state index contributed by atoms with van der Waals surface area (Å²) in [4.78, 5) is 39.3. The van der Waals surface area contributed by atoms with Crippen molar-refractivity contribution in [2.75, 3.05) is 43.4 Å². The molecule has 0 spiro atoms. The third-order valence-corrected chi connectivity index (χ3v) is 7.39. The van der Waals surface area contributed by atoms with Gasteiger partial charge in [0.15, 0.2) is 5.16 Å². The molecule has 9 heteroatoms. The SMILES string of the molecule is O=C(CSc1nc2c(c(=O)[nH]1)CN(Cc1ccccc1)CC2)N1CCN(c2ccc(F)cc2)CC1. The van der Waals surface area contributed by atoms with Gasteiger partial charge in [-0.25, -0.2) is 9.37 Å². The van der Waals surface area contributed by atoms with Gasteiger partial charge < -0.3 is 14.8 Å². The van der Waals surface area contributed by atoms with Crippen LogP contribution in [-0.4, -0.2) is 64.2 Å². The van der Waals surface area contributed by atoms with Gasteiger partial charge in [-0.15, -0.1) is 0 Å². The van der Waals surface area contributed by atoms with E-state index in [1.54, 1.807) is 12.1 Å². The summed E-state index contributed by atoms with van der Waals surface area (Å²) >= 11 is 1.28. The van der Waals surface area contributed by atoms with Crippen molar-refractivity contribution in [3.63, 3.8) is 0 Å². The molecular weight excluding hydrogens is 465 g/mol. The number of hydrogen-bond acceptors (Lipinski definition) is 6. The largest absolute Gasteiger partial charge is 0.368 e. The molecule has 2 aromatic carbocycles. The van der Waals surface area contributed by atoms with Crippen LogP contribution in [0.2, 0.25) is 0 Å². The Hall–Kier alpha value is -3.17. The fourth-order valence-corrected chi connectivity index (χ4v) is 5.37. The second-order valence-corrected chi connectivity index (χ2v) is 9.84. The fourth-order valence-electron chi connectivity index (χ4n) is 4.59. The number of benzene rings is 2. The van der Waals surface area contributed by atoms with Crippen molar-refractivity contribution in [1.82, 2.24) is 19.8 Å². The van der Waals surface area contributed by atoms with Crippen LogP contribution in [0.15, 0.2) is 64.5 Å². The summed E-state index contributed by atoms with van der Waals surface area (Å²) in [5.41, 5.74) is 3.63. The van der Waals surface area contributed by atoms with Crippen LogP contribution >= 0.6 is 11.8 Å². The van der Waals surface area contributed by atoms with Crippen molar-refractivity contribution in [2.45, 2.75) is 24.7 Å².